The third-order valence-corrected chi connectivity index (χ3v) is 4.14. The normalized spacial score (nSPS) is 18.0. The fourth-order valence-corrected chi connectivity index (χ4v) is 2.76. The molecule has 1 fully saturated rings. The van der Waals surface area contributed by atoms with E-state index in [1.807, 2.05) is 38.1 Å². The maximum atomic E-state index is 12.1. The van der Waals surface area contributed by atoms with Crippen LogP contribution in [0.3, 0.4) is 0 Å². The monoisotopic (exact) mass is 290 g/mol. The molecule has 1 aliphatic rings. The van der Waals surface area contributed by atoms with Crippen LogP contribution >= 0.6 is 0 Å². The molecule has 1 unspecified atom stereocenters. The number of carboxylic acids is 1. The highest BCUT2D eigenvalue weighted by atomic mass is 16.4. The smallest absolute Gasteiger partial charge is 0.329 e. The van der Waals surface area contributed by atoms with Gasteiger partial charge < -0.3 is 15.7 Å². The number of hydrogen-bond acceptors (Lipinski definition) is 2. The lowest BCUT2D eigenvalue weighted by Crippen LogP contribution is -2.55. The lowest BCUT2D eigenvalue weighted by Gasteiger charge is -2.26. The molecule has 21 heavy (non-hydrogen) atoms. The topological polar surface area (TPSA) is 78.4 Å². The van der Waals surface area contributed by atoms with Gasteiger partial charge in [-0.05, 0) is 32.3 Å². The van der Waals surface area contributed by atoms with Gasteiger partial charge in [-0.2, -0.15) is 0 Å². The van der Waals surface area contributed by atoms with Gasteiger partial charge >= 0.3 is 12.0 Å². The predicted molar refractivity (Wildman–Crippen MR) is 80.1 cm³/mol. The van der Waals surface area contributed by atoms with Crippen molar-refractivity contribution in [1.29, 1.82) is 0 Å². The van der Waals surface area contributed by atoms with Crippen molar-refractivity contribution in [3.63, 3.8) is 0 Å². The van der Waals surface area contributed by atoms with E-state index in [2.05, 4.69) is 10.6 Å². The molecule has 1 saturated carbocycles. The number of urea groups is 1. The zero-order valence-corrected chi connectivity index (χ0v) is 12.5. The number of aliphatic carboxylic acids is 1. The molecule has 0 spiro atoms. The van der Waals surface area contributed by atoms with E-state index in [-0.39, 0.29) is 6.04 Å². The van der Waals surface area contributed by atoms with Gasteiger partial charge in [0.15, 0.2) is 0 Å². The maximum absolute atomic E-state index is 12.1. The van der Waals surface area contributed by atoms with Crippen LogP contribution < -0.4 is 10.6 Å². The van der Waals surface area contributed by atoms with E-state index in [9.17, 15) is 14.7 Å². The molecule has 114 valence electrons. The second kappa shape index (κ2) is 6.16. The summed E-state index contributed by atoms with van der Waals surface area (Å²) in [7, 11) is 0. The van der Waals surface area contributed by atoms with Crippen molar-refractivity contribution in [2.24, 2.45) is 0 Å². The van der Waals surface area contributed by atoms with Crippen molar-refractivity contribution in [3.05, 3.63) is 35.4 Å². The zero-order valence-electron chi connectivity index (χ0n) is 12.5. The molecule has 1 aromatic carbocycles. The summed E-state index contributed by atoms with van der Waals surface area (Å²) in [5, 5.41) is 14.8. The van der Waals surface area contributed by atoms with Gasteiger partial charge in [-0.15, -0.1) is 0 Å². The number of amides is 2. The number of aryl methyl sites for hydroxylation is 1. The fraction of sp³-hybridized carbons (Fsp3) is 0.500. The minimum atomic E-state index is -1.10. The second-order valence-electron chi connectivity index (χ2n) is 5.83. The highest BCUT2D eigenvalue weighted by molar-refractivity contribution is 5.86. The standard InChI is InChI=1S/C16H22N2O3/c1-11-5-7-13(8-6-11)12(2)17-15(21)18-16(14(19)20)9-3-4-10-16/h5-8,12H,3-4,9-10H2,1-2H3,(H,19,20)(H2,17,18,21). The van der Waals surface area contributed by atoms with Crippen LogP contribution in [0.2, 0.25) is 0 Å². The molecule has 2 rings (SSSR count). The molecular formula is C16H22N2O3. The molecule has 5 heteroatoms. The Morgan fingerprint density at radius 2 is 1.76 bits per heavy atom. The van der Waals surface area contributed by atoms with E-state index in [1.54, 1.807) is 0 Å². The summed E-state index contributed by atoms with van der Waals surface area (Å²) in [5.74, 6) is -0.946. The Labute approximate surface area is 124 Å². The minimum absolute atomic E-state index is 0.169. The number of hydrogen-bond donors (Lipinski definition) is 3. The van der Waals surface area contributed by atoms with Crippen LogP contribution in [0.5, 0.6) is 0 Å². The highest BCUT2D eigenvalue weighted by Gasteiger charge is 2.42. The Morgan fingerprint density at radius 3 is 2.29 bits per heavy atom. The molecular weight excluding hydrogens is 268 g/mol. The van der Waals surface area contributed by atoms with Crippen molar-refractivity contribution in [2.45, 2.75) is 51.1 Å². The number of rotatable bonds is 4. The van der Waals surface area contributed by atoms with Crippen LogP contribution in [0.1, 0.15) is 49.8 Å². The van der Waals surface area contributed by atoms with Crippen molar-refractivity contribution in [1.82, 2.24) is 10.6 Å². The third kappa shape index (κ3) is 3.54. The molecule has 1 aromatic rings. The molecule has 5 nitrogen and oxygen atoms in total. The van der Waals surface area contributed by atoms with E-state index in [0.29, 0.717) is 12.8 Å². The molecule has 0 aliphatic heterocycles. The number of benzene rings is 1. The van der Waals surface area contributed by atoms with Gasteiger partial charge in [0.05, 0.1) is 6.04 Å². The average Bonchev–Trinajstić information content (AvgIpc) is 2.89. The number of carbonyl (C=O) groups excluding carboxylic acids is 1. The summed E-state index contributed by atoms with van der Waals surface area (Å²) >= 11 is 0. The van der Waals surface area contributed by atoms with Gasteiger partial charge in [-0.1, -0.05) is 42.7 Å². The van der Waals surface area contributed by atoms with Gasteiger partial charge in [0.1, 0.15) is 5.54 Å². The molecule has 0 saturated heterocycles. The Morgan fingerprint density at radius 1 is 1.19 bits per heavy atom. The van der Waals surface area contributed by atoms with E-state index >= 15 is 0 Å². The zero-order chi connectivity index (χ0) is 15.5. The largest absolute Gasteiger partial charge is 0.480 e. The van der Waals surface area contributed by atoms with E-state index in [4.69, 9.17) is 0 Å². The second-order valence-corrected chi connectivity index (χ2v) is 5.83. The summed E-state index contributed by atoms with van der Waals surface area (Å²) in [6.45, 7) is 3.89. The number of carbonyl (C=O) groups is 2. The van der Waals surface area contributed by atoms with Crippen molar-refractivity contribution >= 4 is 12.0 Å². The first-order valence-corrected chi connectivity index (χ1v) is 7.32. The van der Waals surface area contributed by atoms with Crippen LogP contribution in [0, 0.1) is 6.92 Å². The van der Waals surface area contributed by atoms with Crippen molar-refractivity contribution in [2.75, 3.05) is 0 Å². The molecule has 0 bridgehead atoms. The lowest BCUT2D eigenvalue weighted by atomic mass is 9.98. The van der Waals surface area contributed by atoms with Gasteiger partial charge in [-0.3, -0.25) is 0 Å². The summed E-state index contributed by atoms with van der Waals surface area (Å²) in [6.07, 6.45) is 2.66. The minimum Gasteiger partial charge on any atom is -0.480 e. The van der Waals surface area contributed by atoms with E-state index in [1.165, 1.54) is 0 Å². The molecule has 3 N–H and O–H groups in total. The van der Waals surface area contributed by atoms with Crippen LogP contribution in [0.25, 0.3) is 0 Å². The summed E-state index contributed by atoms with van der Waals surface area (Å²) < 4.78 is 0. The molecule has 0 heterocycles. The molecule has 1 aliphatic carbocycles. The van der Waals surface area contributed by atoms with Crippen LogP contribution in [0.4, 0.5) is 4.79 Å². The molecule has 0 aromatic heterocycles. The molecule has 0 radical (unpaired) electrons. The SMILES string of the molecule is Cc1ccc(C(C)NC(=O)NC2(C(=O)O)CCCC2)cc1. The van der Waals surface area contributed by atoms with Gasteiger partial charge in [0, 0.05) is 0 Å². The Bertz CT molecular complexity index is 519. The first-order valence-electron chi connectivity index (χ1n) is 7.32. The third-order valence-electron chi connectivity index (χ3n) is 4.14. The molecule has 2 amide bonds. The van der Waals surface area contributed by atoms with E-state index in [0.717, 1.165) is 24.0 Å². The van der Waals surface area contributed by atoms with Crippen molar-refractivity contribution < 1.29 is 14.7 Å². The Kier molecular flexibility index (Phi) is 4.50. The quantitative estimate of drug-likeness (QED) is 0.798. The first kappa shape index (κ1) is 15.4. The summed E-state index contributed by atoms with van der Waals surface area (Å²) in [4.78, 5) is 23.5. The summed E-state index contributed by atoms with van der Waals surface area (Å²) in [5.41, 5.74) is 1.05. The predicted octanol–water partition coefficient (Wildman–Crippen LogP) is 2.75. The highest BCUT2D eigenvalue weighted by Crippen LogP contribution is 2.29. The van der Waals surface area contributed by atoms with E-state index < -0.39 is 17.5 Å². The Balaban J connectivity index is 1.97. The number of carboxylic acid groups (broad SMARTS) is 1. The fourth-order valence-electron chi connectivity index (χ4n) is 2.76. The summed E-state index contributed by atoms with van der Waals surface area (Å²) in [6, 6.07) is 7.30. The van der Waals surface area contributed by atoms with Gasteiger partial charge in [0.2, 0.25) is 0 Å². The average molecular weight is 290 g/mol. The Hall–Kier alpha value is -2.04. The van der Waals surface area contributed by atoms with Crippen LogP contribution in [-0.4, -0.2) is 22.6 Å². The van der Waals surface area contributed by atoms with Crippen LogP contribution in [-0.2, 0) is 4.79 Å². The van der Waals surface area contributed by atoms with Gasteiger partial charge in [-0.25, -0.2) is 9.59 Å². The lowest BCUT2D eigenvalue weighted by molar-refractivity contribution is -0.144. The first-order chi connectivity index (χ1) is 9.93. The maximum Gasteiger partial charge on any atom is 0.329 e. The number of nitrogens with one attached hydrogen (secondary N) is 2. The van der Waals surface area contributed by atoms with Crippen molar-refractivity contribution in [3.8, 4) is 0 Å². The van der Waals surface area contributed by atoms with Gasteiger partial charge in [0.25, 0.3) is 0 Å². The molecule has 1 atom stereocenters. The van der Waals surface area contributed by atoms with Crippen LogP contribution in [0.15, 0.2) is 24.3 Å².